The fraction of sp³-hybridized carbons (Fsp3) is 0.714. The zero-order chi connectivity index (χ0) is 14.9. The summed E-state index contributed by atoms with van der Waals surface area (Å²) in [6.07, 6.45) is 5.27. The van der Waals surface area contributed by atoms with Gasteiger partial charge in [0.2, 0.25) is 0 Å². The van der Waals surface area contributed by atoms with Gasteiger partial charge < -0.3 is 10.6 Å². The van der Waals surface area contributed by atoms with Crippen LogP contribution in [0.5, 0.6) is 0 Å². The highest BCUT2D eigenvalue weighted by molar-refractivity contribution is 5.64. The van der Waals surface area contributed by atoms with E-state index in [4.69, 9.17) is 5.73 Å². The molecule has 116 valence electrons. The first kappa shape index (κ1) is 14.4. The van der Waals surface area contributed by atoms with E-state index in [0.29, 0.717) is 18.2 Å². The number of likely N-dealkylation sites (tertiary alicyclic amines) is 1. The standard InChI is InChI=1S/C14H21F2N5/c15-14(16)3-6-20(10-14)9-11-1-4-21(5-2-11)13-8-19-18-7-12(13)17/h7-8,11H,1-6,9-10H2,(H2,17,19). The second-order valence-corrected chi connectivity index (χ2v) is 6.10. The number of hydrogen-bond acceptors (Lipinski definition) is 5. The molecule has 21 heavy (non-hydrogen) atoms. The summed E-state index contributed by atoms with van der Waals surface area (Å²) < 4.78 is 26.4. The minimum absolute atomic E-state index is 0.00502. The van der Waals surface area contributed by atoms with E-state index in [1.54, 1.807) is 12.4 Å². The molecule has 1 aromatic heterocycles. The third kappa shape index (κ3) is 3.40. The molecule has 7 heteroatoms. The van der Waals surface area contributed by atoms with Crippen LogP contribution in [0.4, 0.5) is 20.2 Å². The Bertz CT molecular complexity index is 488. The number of anilines is 2. The highest BCUT2D eigenvalue weighted by Crippen LogP contribution is 2.30. The van der Waals surface area contributed by atoms with E-state index in [2.05, 4.69) is 15.1 Å². The lowest BCUT2D eigenvalue weighted by Gasteiger charge is -2.35. The van der Waals surface area contributed by atoms with Crippen LogP contribution in [0.2, 0.25) is 0 Å². The quantitative estimate of drug-likeness (QED) is 0.918. The second-order valence-electron chi connectivity index (χ2n) is 6.10. The van der Waals surface area contributed by atoms with Crippen LogP contribution < -0.4 is 10.6 Å². The molecule has 3 heterocycles. The maximum Gasteiger partial charge on any atom is 0.261 e. The molecule has 2 fully saturated rings. The second kappa shape index (κ2) is 5.71. The number of hydrogen-bond donors (Lipinski definition) is 1. The molecule has 1 aromatic rings. The molecular formula is C14H21F2N5. The maximum absolute atomic E-state index is 13.2. The average Bonchev–Trinajstić information content (AvgIpc) is 2.80. The van der Waals surface area contributed by atoms with E-state index in [0.717, 1.165) is 38.2 Å². The third-order valence-electron chi connectivity index (χ3n) is 4.46. The van der Waals surface area contributed by atoms with E-state index in [9.17, 15) is 8.78 Å². The number of piperidine rings is 1. The van der Waals surface area contributed by atoms with Crippen molar-refractivity contribution in [3.8, 4) is 0 Å². The minimum atomic E-state index is -2.49. The Labute approximate surface area is 123 Å². The summed E-state index contributed by atoms with van der Waals surface area (Å²) in [7, 11) is 0. The zero-order valence-corrected chi connectivity index (χ0v) is 12.0. The van der Waals surface area contributed by atoms with Crippen LogP contribution in [-0.4, -0.2) is 53.7 Å². The smallest absolute Gasteiger partial charge is 0.261 e. The summed E-state index contributed by atoms with van der Waals surface area (Å²) >= 11 is 0. The van der Waals surface area contributed by atoms with E-state index in [1.165, 1.54) is 0 Å². The Morgan fingerprint density at radius 1 is 1.19 bits per heavy atom. The monoisotopic (exact) mass is 297 g/mol. The molecule has 0 bridgehead atoms. The summed E-state index contributed by atoms with van der Waals surface area (Å²) in [5.74, 6) is -2.00. The summed E-state index contributed by atoms with van der Waals surface area (Å²) in [6.45, 7) is 3.02. The summed E-state index contributed by atoms with van der Waals surface area (Å²) in [4.78, 5) is 4.11. The molecule has 0 atom stereocenters. The molecule has 0 amide bonds. The van der Waals surface area contributed by atoms with Gasteiger partial charge in [-0.05, 0) is 18.8 Å². The Morgan fingerprint density at radius 2 is 1.90 bits per heavy atom. The van der Waals surface area contributed by atoms with Gasteiger partial charge in [0.05, 0.1) is 30.3 Å². The third-order valence-corrected chi connectivity index (χ3v) is 4.46. The van der Waals surface area contributed by atoms with E-state index >= 15 is 0 Å². The molecule has 0 spiro atoms. The number of nitrogen functional groups attached to an aromatic ring is 1. The van der Waals surface area contributed by atoms with Crippen LogP contribution in [0, 0.1) is 5.92 Å². The van der Waals surface area contributed by atoms with Gasteiger partial charge in [0.1, 0.15) is 0 Å². The Balaban J connectivity index is 1.51. The van der Waals surface area contributed by atoms with E-state index in [-0.39, 0.29) is 13.0 Å². The van der Waals surface area contributed by atoms with Crippen molar-refractivity contribution < 1.29 is 8.78 Å². The SMILES string of the molecule is Nc1cnncc1N1CCC(CN2CCC(F)(F)C2)CC1. The van der Waals surface area contributed by atoms with Crippen LogP contribution in [0.25, 0.3) is 0 Å². The van der Waals surface area contributed by atoms with Gasteiger partial charge in [0.25, 0.3) is 5.92 Å². The first-order valence-corrected chi connectivity index (χ1v) is 7.45. The molecular weight excluding hydrogens is 276 g/mol. The Morgan fingerprint density at radius 3 is 2.52 bits per heavy atom. The molecule has 2 N–H and O–H groups in total. The van der Waals surface area contributed by atoms with Gasteiger partial charge in [0, 0.05) is 32.6 Å². The number of nitrogens with two attached hydrogens (primary N) is 1. The first-order valence-electron chi connectivity index (χ1n) is 7.45. The number of rotatable bonds is 3. The van der Waals surface area contributed by atoms with Crippen molar-refractivity contribution in [3.63, 3.8) is 0 Å². The van der Waals surface area contributed by atoms with E-state index in [1.807, 2.05) is 4.90 Å². The highest BCUT2D eigenvalue weighted by atomic mass is 19.3. The number of nitrogens with zero attached hydrogens (tertiary/aromatic N) is 4. The molecule has 0 saturated carbocycles. The van der Waals surface area contributed by atoms with Gasteiger partial charge in [-0.3, -0.25) is 4.90 Å². The molecule has 2 aliphatic rings. The summed E-state index contributed by atoms with van der Waals surface area (Å²) in [5, 5.41) is 7.63. The maximum atomic E-state index is 13.2. The van der Waals surface area contributed by atoms with Crippen molar-refractivity contribution in [2.45, 2.75) is 25.2 Å². The fourth-order valence-corrected chi connectivity index (χ4v) is 3.27. The topological polar surface area (TPSA) is 58.3 Å². The highest BCUT2D eigenvalue weighted by Gasteiger charge is 2.38. The lowest BCUT2D eigenvalue weighted by molar-refractivity contribution is 0.0105. The zero-order valence-electron chi connectivity index (χ0n) is 12.0. The van der Waals surface area contributed by atoms with Crippen molar-refractivity contribution >= 4 is 11.4 Å². The van der Waals surface area contributed by atoms with Gasteiger partial charge in [-0.2, -0.15) is 10.2 Å². The normalized spacial score (nSPS) is 23.6. The van der Waals surface area contributed by atoms with E-state index < -0.39 is 5.92 Å². The van der Waals surface area contributed by atoms with Crippen LogP contribution in [0.15, 0.2) is 12.4 Å². The number of alkyl halides is 2. The lowest BCUT2D eigenvalue weighted by Crippen LogP contribution is -2.39. The molecule has 0 aliphatic carbocycles. The van der Waals surface area contributed by atoms with Crippen molar-refractivity contribution in [1.82, 2.24) is 15.1 Å². The van der Waals surface area contributed by atoms with Crippen LogP contribution in [-0.2, 0) is 0 Å². The van der Waals surface area contributed by atoms with Gasteiger partial charge in [-0.25, -0.2) is 8.78 Å². The van der Waals surface area contributed by atoms with Crippen molar-refractivity contribution in [1.29, 1.82) is 0 Å². The minimum Gasteiger partial charge on any atom is -0.396 e. The Hall–Kier alpha value is -1.50. The summed E-state index contributed by atoms with van der Waals surface area (Å²) in [5.41, 5.74) is 7.48. The van der Waals surface area contributed by atoms with Gasteiger partial charge in [0.15, 0.2) is 0 Å². The van der Waals surface area contributed by atoms with Crippen molar-refractivity contribution in [2.75, 3.05) is 43.4 Å². The Kier molecular flexibility index (Phi) is 3.93. The number of halogens is 2. The molecule has 2 aliphatic heterocycles. The lowest BCUT2D eigenvalue weighted by atomic mass is 9.96. The molecule has 0 unspecified atom stereocenters. The molecule has 5 nitrogen and oxygen atoms in total. The van der Waals surface area contributed by atoms with Crippen LogP contribution >= 0.6 is 0 Å². The fourth-order valence-electron chi connectivity index (χ4n) is 3.27. The molecule has 2 saturated heterocycles. The number of aromatic nitrogens is 2. The van der Waals surface area contributed by atoms with Gasteiger partial charge >= 0.3 is 0 Å². The van der Waals surface area contributed by atoms with Crippen molar-refractivity contribution in [2.24, 2.45) is 5.92 Å². The largest absolute Gasteiger partial charge is 0.396 e. The van der Waals surface area contributed by atoms with Gasteiger partial charge in [-0.15, -0.1) is 0 Å². The summed E-state index contributed by atoms with van der Waals surface area (Å²) in [6, 6.07) is 0. The van der Waals surface area contributed by atoms with Crippen LogP contribution in [0.3, 0.4) is 0 Å². The average molecular weight is 297 g/mol. The molecule has 0 aromatic carbocycles. The van der Waals surface area contributed by atoms with Crippen LogP contribution in [0.1, 0.15) is 19.3 Å². The molecule has 3 rings (SSSR count). The molecule has 0 radical (unpaired) electrons. The predicted octanol–water partition coefficient (Wildman–Crippen LogP) is 1.62. The van der Waals surface area contributed by atoms with Crippen molar-refractivity contribution in [3.05, 3.63) is 12.4 Å². The van der Waals surface area contributed by atoms with Gasteiger partial charge in [-0.1, -0.05) is 0 Å². The first-order chi connectivity index (χ1) is 10.0. The predicted molar refractivity (Wildman–Crippen MR) is 77.4 cm³/mol.